The molecule has 0 unspecified atom stereocenters. The highest BCUT2D eigenvalue weighted by Gasteiger charge is 2.31. The van der Waals surface area contributed by atoms with Gasteiger partial charge in [-0.3, -0.25) is 9.36 Å². The Morgan fingerprint density at radius 3 is 2.37 bits per heavy atom. The maximum atomic E-state index is 13.8. The van der Waals surface area contributed by atoms with E-state index < -0.39 is 30.4 Å². The number of benzene rings is 2. The summed E-state index contributed by atoms with van der Waals surface area (Å²) in [4.78, 5) is 22.4. The highest BCUT2D eigenvalue weighted by molar-refractivity contribution is 7.18. The minimum absolute atomic E-state index is 0.0186. The van der Waals surface area contributed by atoms with Crippen LogP contribution in [0.5, 0.6) is 5.75 Å². The van der Waals surface area contributed by atoms with Crippen LogP contribution < -0.4 is 15.6 Å². The zero-order chi connectivity index (χ0) is 27.2. The lowest BCUT2D eigenvalue weighted by atomic mass is 10.0. The molecular weight excluding hydrogens is 534 g/mol. The van der Waals surface area contributed by atoms with Gasteiger partial charge in [0.2, 0.25) is 0 Å². The fourth-order valence-corrected chi connectivity index (χ4v) is 4.79. The zero-order valence-corrected chi connectivity index (χ0v) is 20.1. The van der Waals surface area contributed by atoms with Gasteiger partial charge in [0.25, 0.3) is 5.56 Å². The Morgan fingerprint density at radius 1 is 0.947 bits per heavy atom. The van der Waals surface area contributed by atoms with Gasteiger partial charge in [-0.05, 0) is 67.1 Å². The molecule has 196 valence electrons. The molecule has 5 rings (SSSR count). The summed E-state index contributed by atoms with van der Waals surface area (Å²) in [7, 11) is 0. The van der Waals surface area contributed by atoms with E-state index in [-0.39, 0.29) is 22.7 Å². The van der Waals surface area contributed by atoms with Crippen LogP contribution in [0.4, 0.5) is 32.2 Å². The maximum Gasteiger partial charge on any atom is 0.573 e. The van der Waals surface area contributed by atoms with Crippen LogP contribution in [0, 0.1) is 6.92 Å². The van der Waals surface area contributed by atoms with E-state index in [0.29, 0.717) is 10.9 Å². The second kappa shape index (κ2) is 9.31. The number of rotatable bonds is 5. The predicted molar refractivity (Wildman–Crippen MR) is 132 cm³/mol. The number of anilines is 1. The lowest BCUT2D eigenvalue weighted by Crippen LogP contribution is -2.23. The minimum atomic E-state index is -4.90. The molecule has 0 spiro atoms. The van der Waals surface area contributed by atoms with Crippen molar-refractivity contribution in [2.24, 2.45) is 0 Å². The van der Waals surface area contributed by atoms with E-state index in [0.717, 1.165) is 31.9 Å². The molecule has 0 saturated heterocycles. The first-order valence-corrected chi connectivity index (χ1v) is 11.8. The first kappa shape index (κ1) is 25.5. The number of nitrogens with zero attached hydrogens (tertiary/aromatic N) is 3. The molecule has 0 fully saturated rings. The second-order valence-corrected chi connectivity index (χ2v) is 9.47. The average molecular weight is 550 g/mol. The smallest absolute Gasteiger partial charge is 0.406 e. The molecule has 2 aromatic carbocycles. The number of pyridine rings is 2. The molecule has 6 nitrogen and oxygen atoms in total. The van der Waals surface area contributed by atoms with Crippen LogP contribution in [0.25, 0.3) is 38.1 Å². The Morgan fingerprint density at radius 2 is 1.68 bits per heavy atom. The van der Waals surface area contributed by atoms with Crippen molar-refractivity contribution in [3.05, 3.63) is 76.0 Å². The molecule has 0 atom stereocenters. The van der Waals surface area contributed by atoms with E-state index in [1.807, 2.05) is 6.92 Å². The molecule has 0 aliphatic rings. The van der Waals surface area contributed by atoms with E-state index in [4.69, 9.17) is 0 Å². The van der Waals surface area contributed by atoms with Gasteiger partial charge in [0.15, 0.2) is 0 Å². The Labute approximate surface area is 214 Å². The molecule has 0 saturated carbocycles. The standard InChI is InChI=1S/C25H16F6N4O2S/c1-13-33-19-8-2-14(11-20(19)38-13)18-10-15-3-9-21(32-12-24(26,27)28)34-22(15)35(23(18)36)16-4-6-17(7-5-16)37-25(29,30)31/h2-11H,12H2,1H3,(H,32,34). The van der Waals surface area contributed by atoms with Crippen molar-refractivity contribution in [1.82, 2.24) is 14.5 Å². The van der Waals surface area contributed by atoms with Crippen LogP contribution in [0.15, 0.2) is 65.5 Å². The van der Waals surface area contributed by atoms with Crippen molar-refractivity contribution in [1.29, 1.82) is 0 Å². The number of ether oxygens (including phenoxy) is 1. The van der Waals surface area contributed by atoms with Crippen molar-refractivity contribution < 1.29 is 31.1 Å². The van der Waals surface area contributed by atoms with Gasteiger partial charge in [0, 0.05) is 10.9 Å². The molecule has 38 heavy (non-hydrogen) atoms. The first-order valence-electron chi connectivity index (χ1n) is 11.0. The SMILES string of the molecule is Cc1nc2ccc(-c3cc4ccc(NCC(F)(F)F)nc4n(-c4ccc(OC(F)(F)F)cc4)c3=O)cc2s1. The van der Waals surface area contributed by atoms with Crippen molar-refractivity contribution >= 4 is 38.4 Å². The molecule has 0 radical (unpaired) electrons. The number of hydrogen-bond donors (Lipinski definition) is 1. The maximum absolute atomic E-state index is 13.8. The van der Waals surface area contributed by atoms with Crippen LogP contribution in [-0.4, -0.2) is 33.6 Å². The molecule has 1 N–H and O–H groups in total. The Kier molecular flexibility index (Phi) is 6.25. The third-order valence-corrected chi connectivity index (χ3v) is 6.39. The Balaban J connectivity index is 1.69. The summed E-state index contributed by atoms with van der Waals surface area (Å²) in [6, 6.07) is 14.3. The number of nitrogens with one attached hydrogen (secondary N) is 1. The van der Waals surface area contributed by atoms with Crippen molar-refractivity contribution in [2.75, 3.05) is 11.9 Å². The van der Waals surface area contributed by atoms with Gasteiger partial charge in [-0.1, -0.05) is 6.07 Å². The van der Waals surface area contributed by atoms with E-state index in [1.165, 1.54) is 35.6 Å². The number of alkyl halides is 6. The first-order chi connectivity index (χ1) is 17.9. The number of aryl methyl sites for hydroxylation is 1. The Hall–Kier alpha value is -4.13. The molecular formula is C25H16F6N4O2S. The van der Waals surface area contributed by atoms with E-state index >= 15 is 0 Å². The van der Waals surface area contributed by atoms with E-state index in [2.05, 4.69) is 20.0 Å². The monoisotopic (exact) mass is 550 g/mol. The van der Waals surface area contributed by atoms with Crippen molar-refractivity contribution in [3.63, 3.8) is 0 Å². The molecule has 0 bridgehead atoms. The molecule has 13 heteroatoms. The summed E-state index contributed by atoms with van der Waals surface area (Å²) in [5.41, 5.74) is 1.19. The van der Waals surface area contributed by atoms with Crippen LogP contribution in [-0.2, 0) is 0 Å². The van der Waals surface area contributed by atoms with Gasteiger partial charge >= 0.3 is 12.5 Å². The van der Waals surface area contributed by atoms with Gasteiger partial charge in [-0.2, -0.15) is 13.2 Å². The highest BCUT2D eigenvalue weighted by atomic mass is 32.1. The van der Waals surface area contributed by atoms with Crippen molar-refractivity contribution in [2.45, 2.75) is 19.5 Å². The number of fused-ring (bicyclic) bond motifs is 2. The van der Waals surface area contributed by atoms with Crippen molar-refractivity contribution in [3.8, 4) is 22.6 Å². The second-order valence-electron chi connectivity index (χ2n) is 8.23. The summed E-state index contributed by atoms with van der Waals surface area (Å²) < 4.78 is 81.9. The number of thiazole rings is 1. The van der Waals surface area contributed by atoms with Crippen LogP contribution >= 0.6 is 11.3 Å². The zero-order valence-electron chi connectivity index (χ0n) is 19.3. The van der Waals surface area contributed by atoms with Gasteiger partial charge in [-0.15, -0.1) is 24.5 Å². The minimum Gasteiger partial charge on any atom is -0.406 e. The van der Waals surface area contributed by atoms with Gasteiger partial charge in [0.1, 0.15) is 23.8 Å². The summed E-state index contributed by atoms with van der Waals surface area (Å²) >= 11 is 1.45. The molecule has 3 aromatic heterocycles. The quantitative estimate of drug-likeness (QED) is 0.243. The molecule has 0 aliphatic carbocycles. The largest absolute Gasteiger partial charge is 0.573 e. The van der Waals surface area contributed by atoms with Gasteiger partial charge < -0.3 is 10.1 Å². The average Bonchev–Trinajstić information content (AvgIpc) is 3.21. The van der Waals surface area contributed by atoms with Crippen LogP contribution in [0.3, 0.4) is 0 Å². The van der Waals surface area contributed by atoms with Crippen LogP contribution in [0.2, 0.25) is 0 Å². The van der Waals surface area contributed by atoms with Gasteiger partial charge in [-0.25, -0.2) is 9.97 Å². The summed E-state index contributed by atoms with van der Waals surface area (Å²) in [5.74, 6) is -0.629. The third kappa shape index (κ3) is 5.42. The van der Waals surface area contributed by atoms with Gasteiger partial charge in [0.05, 0.1) is 20.9 Å². The lowest BCUT2D eigenvalue weighted by Gasteiger charge is -2.15. The fraction of sp³-hybridized carbons (Fsp3) is 0.160. The predicted octanol–water partition coefficient (Wildman–Crippen LogP) is 6.84. The molecule has 3 heterocycles. The summed E-state index contributed by atoms with van der Waals surface area (Å²) in [5, 5.41) is 3.45. The number of halogens is 6. The number of aromatic nitrogens is 3. The Bertz CT molecular complexity index is 1710. The fourth-order valence-electron chi connectivity index (χ4n) is 3.92. The molecule has 5 aromatic rings. The summed E-state index contributed by atoms with van der Waals surface area (Å²) in [6.07, 6.45) is -9.40. The molecule has 0 amide bonds. The van der Waals surface area contributed by atoms with E-state index in [1.54, 1.807) is 24.3 Å². The number of hydrogen-bond acceptors (Lipinski definition) is 6. The third-order valence-electron chi connectivity index (χ3n) is 5.46. The topological polar surface area (TPSA) is 69.0 Å². The molecule has 0 aliphatic heterocycles. The summed E-state index contributed by atoms with van der Waals surface area (Å²) in [6.45, 7) is 0.515. The lowest BCUT2D eigenvalue weighted by molar-refractivity contribution is -0.274. The van der Waals surface area contributed by atoms with E-state index in [9.17, 15) is 31.1 Å². The normalized spacial score (nSPS) is 12.3. The highest BCUT2D eigenvalue weighted by Crippen LogP contribution is 2.30. The van der Waals surface area contributed by atoms with Crippen LogP contribution in [0.1, 0.15) is 5.01 Å².